The number of aliphatic hydroxyl groups is 7. The molecule has 2 heterocycles. The molecular formula is C13H24O10. The number of hydrogen-bond donors (Lipinski definition) is 7. The van der Waals surface area contributed by atoms with Crippen LogP contribution < -0.4 is 0 Å². The molecule has 2 rings (SSSR count). The average molecular weight is 340 g/mol. The summed E-state index contributed by atoms with van der Waals surface area (Å²) < 4.78 is 15.6. The van der Waals surface area contributed by atoms with E-state index >= 15 is 0 Å². The van der Waals surface area contributed by atoms with Crippen molar-refractivity contribution in [2.45, 2.75) is 62.2 Å². The van der Waals surface area contributed by atoms with E-state index in [0.29, 0.717) is 0 Å². The SMILES string of the molecule is C[C@H]1[C@@H](O)[C@@H](CO)O[C@H](O[C@@H]2[C@H](O)[C@@H](O)[C@H](O)O[C@@H]2CO)[C@@H]1O. The first kappa shape index (κ1) is 18.9. The summed E-state index contributed by atoms with van der Waals surface area (Å²) in [5, 5.41) is 67.6. The van der Waals surface area contributed by atoms with Crippen LogP contribution in [0.5, 0.6) is 0 Å². The van der Waals surface area contributed by atoms with Crippen molar-refractivity contribution < 1.29 is 50.0 Å². The van der Waals surface area contributed by atoms with Crippen molar-refractivity contribution in [3.05, 3.63) is 0 Å². The second-order valence-corrected chi connectivity index (χ2v) is 5.90. The Morgan fingerprint density at radius 1 is 0.783 bits per heavy atom. The Hall–Kier alpha value is -0.400. The van der Waals surface area contributed by atoms with E-state index < -0.39 is 74.4 Å². The first-order valence-electron chi connectivity index (χ1n) is 7.40. The number of rotatable bonds is 4. The predicted octanol–water partition coefficient (Wildman–Crippen LogP) is -4.12. The molecule has 0 aromatic rings. The molecule has 0 saturated carbocycles. The first-order valence-corrected chi connectivity index (χ1v) is 7.40. The molecule has 2 fully saturated rings. The Bertz CT molecular complexity index is 378. The third kappa shape index (κ3) is 3.66. The first-order chi connectivity index (χ1) is 10.8. The van der Waals surface area contributed by atoms with Crippen LogP contribution in [0.15, 0.2) is 0 Å². The van der Waals surface area contributed by atoms with Crippen LogP contribution in [0, 0.1) is 5.92 Å². The van der Waals surface area contributed by atoms with Crippen LogP contribution in [0.3, 0.4) is 0 Å². The molecule has 10 heteroatoms. The van der Waals surface area contributed by atoms with Gasteiger partial charge in [-0.1, -0.05) is 6.92 Å². The van der Waals surface area contributed by atoms with Gasteiger partial charge in [-0.05, 0) is 0 Å². The highest BCUT2D eigenvalue weighted by Crippen LogP contribution is 2.30. The fourth-order valence-electron chi connectivity index (χ4n) is 2.78. The number of hydrogen-bond acceptors (Lipinski definition) is 10. The molecule has 0 spiro atoms. The maximum absolute atomic E-state index is 10.1. The van der Waals surface area contributed by atoms with Gasteiger partial charge in [0.15, 0.2) is 12.6 Å². The van der Waals surface area contributed by atoms with Crippen LogP contribution in [0.1, 0.15) is 6.92 Å². The number of ether oxygens (including phenoxy) is 3. The second-order valence-electron chi connectivity index (χ2n) is 5.90. The molecule has 2 aliphatic heterocycles. The summed E-state index contributed by atoms with van der Waals surface area (Å²) >= 11 is 0. The van der Waals surface area contributed by atoms with E-state index in [2.05, 4.69) is 0 Å². The lowest BCUT2D eigenvalue weighted by molar-refractivity contribution is -0.350. The molecule has 7 N–H and O–H groups in total. The lowest BCUT2D eigenvalue weighted by atomic mass is 9.90. The molecule has 10 nitrogen and oxygen atoms in total. The van der Waals surface area contributed by atoms with E-state index in [0.717, 1.165) is 0 Å². The monoisotopic (exact) mass is 340 g/mol. The molecule has 0 bridgehead atoms. The maximum Gasteiger partial charge on any atom is 0.184 e. The van der Waals surface area contributed by atoms with Gasteiger partial charge in [-0.15, -0.1) is 0 Å². The van der Waals surface area contributed by atoms with Crippen molar-refractivity contribution in [3.63, 3.8) is 0 Å². The van der Waals surface area contributed by atoms with Gasteiger partial charge in [0.25, 0.3) is 0 Å². The van der Waals surface area contributed by atoms with Gasteiger partial charge in [-0.2, -0.15) is 0 Å². The summed E-state index contributed by atoms with van der Waals surface area (Å²) in [6.07, 6.45) is -12.1. The summed E-state index contributed by atoms with van der Waals surface area (Å²) in [6, 6.07) is 0. The standard InChI is InChI=1S/C13H24O10/c1-4-7(16)5(2-14)22-13(8(4)17)23-11-6(3-15)21-12(20)10(19)9(11)18/h4-20H,2-3H2,1H3/t4-,5+,6+,7+,8+,9+,10+,11-,12+,13+/m0/s1. The smallest absolute Gasteiger partial charge is 0.184 e. The minimum Gasteiger partial charge on any atom is -0.394 e. The van der Waals surface area contributed by atoms with Gasteiger partial charge < -0.3 is 50.0 Å². The third-order valence-corrected chi connectivity index (χ3v) is 4.36. The van der Waals surface area contributed by atoms with Gasteiger partial charge in [-0.3, -0.25) is 0 Å². The molecule has 0 aliphatic carbocycles. The Labute approximate surface area is 132 Å². The zero-order valence-corrected chi connectivity index (χ0v) is 12.5. The molecule has 23 heavy (non-hydrogen) atoms. The summed E-state index contributed by atoms with van der Waals surface area (Å²) in [4.78, 5) is 0. The second kappa shape index (κ2) is 7.66. The van der Waals surface area contributed by atoms with Gasteiger partial charge in [0.05, 0.1) is 19.3 Å². The van der Waals surface area contributed by atoms with E-state index in [9.17, 15) is 35.7 Å². The molecule has 0 aromatic carbocycles. The van der Waals surface area contributed by atoms with Crippen LogP contribution in [0.2, 0.25) is 0 Å². The Balaban J connectivity index is 2.11. The van der Waals surface area contributed by atoms with Gasteiger partial charge in [-0.25, -0.2) is 0 Å². The van der Waals surface area contributed by atoms with E-state index in [4.69, 9.17) is 14.2 Å². The minimum absolute atomic E-state index is 0.507. The molecule has 10 atom stereocenters. The lowest BCUT2D eigenvalue weighted by Crippen LogP contribution is -2.63. The topological polar surface area (TPSA) is 169 Å². The number of aliphatic hydroxyl groups excluding tert-OH is 7. The minimum atomic E-state index is -1.69. The van der Waals surface area contributed by atoms with Crippen molar-refractivity contribution in [1.82, 2.24) is 0 Å². The summed E-state index contributed by atoms with van der Waals surface area (Å²) in [7, 11) is 0. The highest BCUT2D eigenvalue weighted by molar-refractivity contribution is 4.92. The zero-order valence-electron chi connectivity index (χ0n) is 12.5. The Morgan fingerprint density at radius 2 is 1.39 bits per heavy atom. The lowest BCUT2D eigenvalue weighted by Gasteiger charge is -2.45. The molecule has 0 radical (unpaired) electrons. The van der Waals surface area contributed by atoms with Crippen LogP contribution in [0.4, 0.5) is 0 Å². The van der Waals surface area contributed by atoms with Crippen molar-refractivity contribution in [2.24, 2.45) is 5.92 Å². The Morgan fingerprint density at radius 3 is 1.96 bits per heavy atom. The highest BCUT2D eigenvalue weighted by Gasteiger charge is 2.49. The van der Waals surface area contributed by atoms with E-state index in [-0.39, 0.29) is 0 Å². The molecule has 0 unspecified atom stereocenters. The summed E-state index contributed by atoms with van der Waals surface area (Å²) in [5.41, 5.74) is 0. The molecule has 0 aromatic heterocycles. The van der Waals surface area contributed by atoms with Crippen molar-refractivity contribution in [1.29, 1.82) is 0 Å². The van der Waals surface area contributed by atoms with Crippen LogP contribution in [-0.4, -0.2) is 104 Å². The average Bonchev–Trinajstić information content (AvgIpc) is 2.55. The normalized spacial score (nSPS) is 51.7. The molecule has 2 saturated heterocycles. The predicted molar refractivity (Wildman–Crippen MR) is 71.8 cm³/mol. The van der Waals surface area contributed by atoms with Gasteiger partial charge in [0, 0.05) is 5.92 Å². The van der Waals surface area contributed by atoms with Gasteiger partial charge >= 0.3 is 0 Å². The van der Waals surface area contributed by atoms with Crippen LogP contribution in [-0.2, 0) is 14.2 Å². The quantitative estimate of drug-likeness (QED) is 0.267. The van der Waals surface area contributed by atoms with E-state index in [1.54, 1.807) is 0 Å². The van der Waals surface area contributed by atoms with Crippen molar-refractivity contribution in [2.75, 3.05) is 13.2 Å². The maximum atomic E-state index is 10.1. The van der Waals surface area contributed by atoms with E-state index in [1.165, 1.54) is 6.92 Å². The fraction of sp³-hybridized carbons (Fsp3) is 1.00. The van der Waals surface area contributed by atoms with Crippen LogP contribution >= 0.6 is 0 Å². The molecular weight excluding hydrogens is 316 g/mol. The fourth-order valence-corrected chi connectivity index (χ4v) is 2.78. The summed E-state index contributed by atoms with van der Waals surface area (Å²) in [6.45, 7) is 0.412. The largest absolute Gasteiger partial charge is 0.394 e. The Kier molecular flexibility index (Phi) is 6.30. The molecule has 136 valence electrons. The van der Waals surface area contributed by atoms with Crippen molar-refractivity contribution in [3.8, 4) is 0 Å². The molecule has 0 amide bonds. The molecule has 2 aliphatic rings. The van der Waals surface area contributed by atoms with Crippen LogP contribution in [0.25, 0.3) is 0 Å². The van der Waals surface area contributed by atoms with Crippen molar-refractivity contribution >= 4 is 0 Å². The van der Waals surface area contributed by atoms with Gasteiger partial charge in [0.1, 0.15) is 36.6 Å². The zero-order chi connectivity index (χ0) is 17.3. The highest BCUT2D eigenvalue weighted by atomic mass is 16.7. The van der Waals surface area contributed by atoms with E-state index in [1.807, 2.05) is 0 Å². The summed E-state index contributed by atoms with van der Waals surface area (Å²) in [5.74, 6) is -0.685. The van der Waals surface area contributed by atoms with Gasteiger partial charge in [0.2, 0.25) is 0 Å². The third-order valence-electron chi connectivity index (χ3n) is 4.36.